The van der Waals surface area contributed by atoms with Gasteiger partial charge in [0.15, 0.2) is 0 Å². The van der Waals surface area contributed by atoms with Crippen LogP contribution in [-0.2, 0) is 14.3 Å². The normalized spacial score (nSPS) is 18.4. The Morgan fingerprint density at radius 2 is 2.11 bits per heavy atom. The highest BCUT2D eigenvalue weighted by molar-refractivity contribution is 5.81. The molecule has 0 aliphatic carbocycles. The molecule has 0 aromatic carbocycles. The van der Waals surface area contributed by atoms with Gasteiger partial charge in [0.05, 0.1) is 6.61 Å². The van der Waals surface area contributed by atoms with Crippen LogP contribution in [0.1, 0.15) is 32.6 Å². The van der Waals surface area contributed by atoms with Gasteiger partial charge in [0.25, 0.3) is 0 Å². The Morgan fingerprint density at radius 3 is 2.78 bits per heavy atom. The van der Waals surface area contributed by atoms with E-state index in [4.69, 9.17) is 9.47 Å². The van der Waals surface area contributed by atoms with Crippen LogP contribution in [0.15, 0.2) is 0 Å². The Balaban J connectivity index is 1.97. The number of carbonyl (C=O) groups excluding carboxylic acids is 2. The summed E-state index contributed by atoms with van der Waals surface area (Å²) >= 11 is 0. The molecule has 1 fully saturated rings. The van der Waals surface area contributed by atoms with Crippen molar-refractivity contribution in [3.63, 3.8) is 0 Å². The molecule has 2 N–H and O–H groups in total. The highest BCUT2D eigenvalue weighted by Gasteiger charge is 2.22. The Bertz CT molecular complexity index is 265. The summed E-state index contributed by atoms with van der Waals surface area (Å²) in [6.07, 6.45) is 2.81. The third-order valence-corrected chi connectivity index (χ3v) is 2.65. The van der Waals surface area contributed by atoms with Crippen LogP contribution < -0.4 is 10.6 Å². The van der Waals surface area contributed by atoms with Crippen molar-refractivity contribution in [1.82, 2.24) is 10.6 Å². The zero-order valence-corrected chi connectivity index (χ0v) is 10.9. The largest absolute Gasteiger partial charge is 0.450 e. The van der Waals surface area contributed by atoms with E-state index in [1.165, 1.54) is 0 Å². The maximum absolute atomic E-state index is 11.5. The van der Waals surface area contributed by atoms with Crippen LogP contribution in [0.25, 0.3) is 0 Å². The molecule has 104 valence electrons. The minimum absolute atomic E-state index is 0.103. The average molecular weight is 258 g/mol. The summed E-state index contributed by atoms with van der Waals surface area (Å²) in [5.74, 6) is -0.103. The lowest BCUT2D eigenvalue weighted by atomic mass is 10.2. The number of amides is 2. The van der Waals surface area contributed by atoms with Crippen molar-refractivity contribution in [3.8, 4) is 0 Å². The molecule has 18 heavy (non-hydrogen) atoms. The van der Waals surface area contributed by atoms with Crippen molar-refractivity contribution in [2.45, 2.75) is 38.7 Å². The zero-order chi connectivity index (χ0) is 13.2. The predicted octanol–water partition coefficient (Wildman–Crippen LogP) is 0.808. The second-order valence-corrected chi connectivity index (χ2v) is 4.21. The van der Waals surface area contributed by atoms with E-state index in [1.807, 2.05) is 6.92 Å². The van der Waals surface area contributed by atoms with Gasteiger partial charge in [0.1, 0.15) is 6.10 Å². The first-order valence-corrected chi connectivity index (χ1v) is 6.54. The summed E-state index contributed by atoms with van der Waals surface area (Å²) in [5, 5.41) is 5.28. The quantitative estimate of drug-likeness (QED) is 0.662. The molecular weight excluding hydrogens is 236 g/mol. The lowest BCUT2D eigenvalue weighted by Gasteiger charge is -2.11. The number of ether oxygens (including phenoxy) is 2. The summed E-state index contributed by atoms with van der Waals surface area (Å²) in [7, 11) is 0. The van der Waals surface area contributed by atoms with Gasteiger partial charge in [-0.3, -0.25) is 4.79 Å². The van der Waals surface area contributed by atoms with Gasteiger partial charge in [-0.2, -0.15) is 0 Å². The number of rotatable bonds is 7. The highest BCUT2D eigenvalue weighted by atomic mass is 16.5. The van der Waals surface area contributed by atoms with Crippen molar-refractivity contribution in [2.24, 2.45) is 0 Å². The molecule has 1 aliphatic rings. The summed E-state index contributed by atoms with van der Waals surface area (Å²) < 4.78 is 10.1. The van der Waals surface area contributed by atoms with Gasteiger partial charge in [0, 0.05) is 19.7 Å². The predicted molar refractivity (Wildman–Crippen MR) is 66.2 cm³/mol. The summed E-state index contributed by atoms with van der Waals surface area (Å²) in [6, 6.07) is 0. The molecule has 1 rings (SSSR count). The third-order valence-electron chi connectivity index (χ3n) is 2.65. The van der Waals surface area contributed by atoms with E-state index in [0.29, 0.717) is 26.3 Å². The average Bonchev–Trinajstić information content (AvgIpc) is 2.88. The summed E-state index contributed by atoms with van der Waals surface area (Å²) in [5.41, 5.74) is 0. The van der Waals surface area contributed by atoms with Gasteiger partial charge in [-0.05, 0) is 19.3 Å². The van der Waals surface area contributed by atoms with Crippen LogP contribution in [0.3, 0.4) is 0 Å². The fourth-order valence-electron chi connectivity index (χ4n) is 1.61. The van der Waals surface area contributed by atoms with Crippen LogP contribution >= 0.6 is 0 Å². The maximum atomic E-state index is 11.5. The van der Waals surface area contributed by atoms with Gasteiger partial charge < -0.3 is 20.1 Å². The minimum atomic E-state index is -0.435. The third kappa shape index (κ3) is 5.86. The topological polar surface area (TPSA) is 76.7 Å². The van der Waals surface area contributed by atoms with Crippen LogP contribution in [-0.4, -0.2) is 44.4 Å². The number of nitrogens with one attached hydrogen (secondary N) is 2. The molecule has 0 spiro atoms. The molecule has 0 aromatic heterocycles. The van der Waals surface area contributed by atoms with Crippen molar-refractivity contribution < 1.29 is 19.1 Å². The molecule has 0 radical (unpaired) electrons. The van der Waals surface area contributed by atoms with Gasteiger partial charge in [-0.1, -0.05) is 13.3 Å². The van der Waals surface area contributed by atoms with E-state index in [1.54, 1.807) is 0 Å². The van der Waals surface area contributed by atoms with Gasteiger partial charge in [0.2, 0.25) is 5.91 Å². The lowest BCUT2D eigenvalue weighted by molar-refractivity contribution is -0.129. The molecule has 0 saturated carbocycles. The van der Waals surface area contributed by atoms with E-state index in [9.17, 15) is 9.59 Å². The molecule has 2 amide bonds. The monoisotopic (exact) mass is 258 g/mol. The van der Waals surface area contributed by atoms with Crippen LogP contribution in [0.4, 0.5) is 4.79 Å². The fourth-order valence-corrected chi connectivity index (χ4v) is 1.61. The molecule has 0 aromatic rings. The number of carbonyl (C=O) groups is 2. The van der Waals surface area contributed by atoms with E-state index >= 15 is 0 Å². The van der Waals surface area contributed by atoms with Crippen LogP contribution in [0, 0.1) is 0 Å². The van der Waals surface area contributed by atoms with Crippen molar-refractivity contribution in [1.29, 1.82) is 0 Å². The Kier molecular flexibility index (Phi) is 7.17. The Morgan fingerprint density at radius 1 is 1.33 bits per heavy atom. The highest BCUT2D eigenvalue weighted by Crippen LogP contribution is 2.11. The minimum Gasteiger partial charge on any atom is -0.450 e. The van der Waals surface area contributed by atoms with Crippen LogP contribution in [0.2, 0.25) is 0 Å². The lowest BCUT2D eigenvalue weighted by Crippen LogP contribution is -2.39. The first-order chi connectivity index (χ1) is 8.74. The van der Waals surface area contributed by atoms with Crippen molar-refractivity contribution in [3.05, 3.63) is 0 Å². The van der Waals surface area contributed by atoms with Crippen molar-refractivity contribution >= 4 is 12.0 Å². The molecule has 6 heteroatoms. The fraction of sp³-hybridized carbons (Fsp3) is 0.833. The van der Waals surface area contributed by atoms with Gasteiger partial charge in [-0.25, -0.2) is 4.79 Å². The molecular formula is C12H22N2O4. The van der Waals surface area contributed by atoms with Crippen LogP contribution in [0.5, 0.6) is 0 Å². The zero-order valence-electron chi connectivity index (χ0n) is 10.9. The van der Waals surface area contributed by atoms with Gasteiger partial charge in [-0.15, -0.1) is 0 Å². The molecule has 1 heterocycles. The molecule has 0 bridgehead atoms. The van der Waals surface area contributed by atoms with Crippen molar-refractivity contribution in [2.75, 3.05) is 26.3 Å². The molecule has 1 aliphatic heterocycles. The second-order valence-electron chi connectivity index (χ2n) is 4.21. The van der Waals surface area contributed by atoms with E-state index < -0.39 is 6.09 Å². The molecule has 1 atom stereocenters. The molecule has 1 saturated heterocycles. The second kappa shape index (κ2) is 8.74. The Labute approximate surface area is 107 Å². The molecule has 1 unspecified atom stereocenters. The summed E-state index contributed by atoms with van der Waals surface area (Å²) in [4.78, 5) is 22.7. The Hall–Kier alpha value is -1.30. The maximum Gasteiger partial charge on any atom is 0.407 e. The smallest absolute Gasteiger partial charge is 0.407 e. The number of hydrogen-bond donors (Lipinski definition) is 2. The molecule has 6 nitrogen and oxygen atoms in total. The first-order valence-electron chi connectivity index (χ1n) is 6.54. The standard InChI is InChI=1S/C12H22N2O4/c1-2-3-8-18-12(16)14-7-6-13-11(15)10-5-4-9-17-10/h10H,2-9H2,1H3,(H,13,15)(H,14,16). The van der Waals surface area contributed by atoms with E-state index in [0.717, 1.165) is 25.7 Å². The summed E-state index contributed by atoms with van der Waals surface area (Å²) in [6.45, 7) is 3.87. The number of unbranched alkanes of at least 4 members (excludes halogenated alkanes) is 1. The van der Waals surface area contributed by atoms with E-state index in [-0.39, 0.29) is 12.0 Å². The van der Waals surface area contributed by atoms with Gasteiger partial charge >= 0.3 is 6.09 Å². The van der Waals surface area contributed by atoms with E-state index in [2.05, 4.69) is 10.6 Å². The SMILES string of the molecule is CCCCOC(=O)NCCNC(=O)C1CCCO1. The number of alkyl carbamates (subject to hydrolysis) is 1. The first kappa shape index (κ1) is 14.8. The number of hydrogen-bond acceptors (Lipinski definition) is 4.